The monoisotopic (exact) mass is 214 g/mol. The van der Waals surface area contributed by atoms with E-state index in [4.69, 9.17) is 5.11 Å². The molecule has 5 heteroatoms. The third-order valence-corrected chi connectivity index (χ3v) is 2.84. The second kappa shape index (κ2) is 5.11. The molecule has 1 aliphatic heterocycles. The van der Waals surface area contributed by atoms with Crippen LogP contribution in [0, 0.1) is 0 Å². The Morgan fingerprint density at radius 3 is 2.73 bits per heavy atom. The molecule has 5 nitrogen and oxygen atoms in total. The highest BCUT2D eigenvalue weighted by Gasteiger charge is 2.31. The highest BCUT2D eigenvalue weighted by molar-refractivity contribution is 5.76. The van der Waals surface area contributed by atoms with Gasteiger partial charge in [0.1, 0.15) is 6.04 Å². The number of carboxylic acid groups (broad SMARTS) is 1. The van der Waals surface area contributed by atoms with Crippen LogP contribution in [0.2, 0.25) is 0 Å². The van der Waals surface area contributed by atoms with Gasteiger partial charge in [0.2, 0.25) is 5.91 Å². The number of piperidine rings is 1. The van der Waals surface area contributed by atoms with Crippen molar-refractivity contribution in [3.8, 4) is 0 Å². The van der Waals surface area contributed by atoms with Gasteiger partial charge in [-0.25, -0.2) is 0 Å². The number of carbonyl (C=O) groups is 2. The lowest BCUT2D eigenvalue weighted by Gasteiger charge is -2.34. The Morgan fingerprint density at radius 1 is 1.53 bits per heavy atom. The zero-order valence-corrected chi connectivity index (χ0v) is 9.19. The van der Waals surface area contributed by atoms with Crippen LogP contribution in [0.1, 0.15) is 26.2 Å². The first-order valence-electron chi connectivity index (χ1n) is 5.27. The molecule has 0 aliphatic carbocycles. The number of hydrogen-bond acceptors (Lipinski definition) is 3. The Bertz CT molecular complexity index is 255. The van der Waals surface area contributed by atoms with Gasteiger partial charge in [0, 0.05) is 19.0 Å². The smallest absolute Gasteiger partial charge is 0.320 e. The lowest BCUT2D eigenvalue weighted by Crippen LogP contribution is -2.51. The minimum atomic E-state index is -0.812. The molecule has 0 aromatic rings. The maximum Gasteiger partial charge on any atom is 0.320 e. The molecular formula is C10H18N2O3. The molecule has 1 heterocycles. The topological polar surface area (TPSA) is 69.6 Å². The second-order valence-electron chi connectivity index (χ2n) is 3.98. The summed E-state index contributed by atoms with van der Waals surface area (Å²) in [4.78, 5) is 23.9. The number of likely N-dealkylation sites (tertiary alicyclic amines) is 1. The summed E-state index contributed by atoms with van der Waals surface area (Å²) in [5.74, 6) is -0.818. The fourth-order valence-electron chi connectivity index (χ4n) is 1.83. The van der Waals surface area contributed by atoms with Crippen LogP contribution in [-0.4, -0.2) is 47.6 Å². The summed E-state index contributed by atoms with van der Waals surface area (Å²) in [6, 6.07) is -0.462. The summed E-state index contributed by atoms with van der Waals surface area (Å²) in [6.45, 7) is 2.50. The van der Waals surface area contributed by atoms with Gasteiger partial charge >= 0.3 is 5.97 Å². The number of aliphatic carboxylic acids is 1. The van der Waals surface area contributed by atoms with Crippen LogP contribution in [0.25, 0.3) is 0 Å². The van der Waals surface area contributed by atoms with E-state index < -0.39 is 12.0 Å². The predicted octanol–water partition coefficient (Wildman–Crippen LogP) is 0.0600. The lowest BCUT2D eigenvalue weighted by molar-refractivity contribution is -0.144. The van der Waals surface area contributed by atoms with Crippen molar-refractivity contribution in [3.05, 3.63) is 0 Å². The standard InChI is InChI=1S/C10H18N2O3/c1-3-9(13)11-7-4-5-12(2)8(6-7)10(14)15/h7-8H,3-6H2,1-2H3,(H,11,13)(H,14,15). The molecule has 1 aliphatic rings. The number of carbonyl (C=O) groups excluding carboxylic acids is 1. The normalized spacial score (nSPS) is 27.3. The average molecular weight is 214 g/mol. The third kappa shape index (κ3) is 3.20. The minimum absolute atomic E-state index is 0.00584. The van der Waals surface area contributed by atoms with Crippen molar-refractivity contribution < 1.29 is 14.7 Å². The van der Waals surface area contributed by atoms with Crippen LogP contribution >= 0.6 is 0 Å². The number of likely N-dealkylation sites (N-methyl/N-ethyl adjacent to an activating group) is 1. The first kappa shape index (κ1) is 12.0. The van der Waals surface area contributed by atoms with Gasteiger partial charge in [-0.1, -0.05) is 6.92 Å². The molecule has 0 saturated carbocycles. The molecule has 0 aromatic carbocycles. The third-order valence-electron chi connectivity index (χ3n) is 2.84. The van der Waals surface area contributed by atoms with Gasteiger partial charge < -0.3 is 10.4 Å². The Kier molecular flexibility index (Phi) is 4.08. The maximum atomic E-state index is 11.2. The van der Waals surface area contributed by atoms with Crippen molar-refractivity contribution in [1.29, 1.82) is 0 Å². The van der Waals surface area contributed by atoms with E-state index in [-0.39, 0.29) is 11.9 Å². The van der Waals surface area contributed by atoms with Crippen molar-refractivity contribution >= 4 is 11.9 Å². The average Bonchev–Trinajstić information content (AvgIpc) is 2.20. The molecular weight excluding hydrogens is 196 g/mol. The summed E-state index contributed by atoms with van der Waals surface area (Å²) >= 11 is 0. The molecule has 0 aromatic heterocycles. The Morgan fingerprint density at radius 2 is 2.20 bits per heavy atom. The molecule has 2 atom stereocenters. The molecule has 2 unspecified atom stereocenters. The van der Waals surface area contributed by atoms with Gasteiger partial charge in [-0.05, 0) is 19.9 Å². The van der Waals surface area contributed by atoms with E-state index >= 15 is 0 Å². The van der Waals surface area contributed by atoms with E-state index in [0.717, 1.165) is 6.42 Å². The van der Waals surface area contributed by atoms with Gasteiger partial charge in [0.25, 0.3) is 0 Å². The van der Waals surface area contributed by atoms with Crippen molar-refractivity contribution in [2.45, 2.75) is 38.3 Å². The van der Waals surface area contributed by atoms with Gasteiger partial charge in [0.15, 0.2) is 0 Å². The molecule has 15 heavy (non-hydrogen) atoms. The van der Waals surface area contributed by atoms with E-state index in [1.807, 2.05) is 4.90 Å². The van der Waals surface area contributed by atoms with Gasteiger partial charge in [-0.3, -0.25) is 14.5 Å². The Hall–Kier alpha value is -1.10. The minimum Gasteiger partial charge on any atom is -0.480 e. The van der Waals surface area contributed by atoms with Crippen molar-refractivity contribution in [2.24, 2.45) is 0 Å². The van der Waals surface area contributed by atoms with E-state index in [0.29, 0.717) is 19.4 Å². The molecule has 1 saturated heterocycles. The van der Waals surface area contributed by atoms with Crippen molar-refractivity contribution in [3.63, 3.8) is 0 Å². The van der Waals surface area contributed by atoms with Crippen LogP contribution in [0.4, 0.5) is 0 Å². The molecule has 2 N–H and O–H groups in total. The highest BCUT2D eigenvalue weighted by atomic mass is 16.4. The highest BCUT2D eigenvalue weighted by Crippen LogP contribution is 2.16. The second-order valence-corrected chi connectivity index (χ2v) is 3.98. The number of nitrogens with zero attached hydrogens (tertiary/aromatic N) is 1. The van der Waals surface area contributed by atoms with Crippen LogP contribution < -0.4 is 5.32 Å². The largest absolute Gasteiger partial charge is 0.480 e. The summed E-state index contributed by atoms with van der Waals surface area (Å²) in [6.07, 6.45) is 1.77. The van der Waals surface area contributed by atoms with E-state index in [1.165, 1.54) is 0 Å². The molecule has 1 fully saturated rings. The molecule has 1 rings (SSSR count). The molecule has 86 valence electrons. The SMILES string of the molecule is CCC(=O)NC1CCN(C)C(C(=O)O)C1. The lowest BCUT2D eigenvalue weighted by atomic mass is 9.97. The first-order valence-corrected chi connectivity index (χ1v) is 5.27. The van der Waals surface area contributed by atoms with Crippen molar-refractivity contribution in [1.82, 2.24) is 10.2 Å². The zero-order chi connectivity index (χ0) is 11.4. The predicted molar refractivity (Wildman–Crippen MR) is 55.5 cm³/mol. The fourth-order valence-corrected chi connectivity index (χ4v) is 1.83. The van der Waals surface area contributed by atoms with Crippen LogP contribution in [-0.2, 0) is 9.59 Å². The maximum absolute atomic E-state index is 11.2. The number of hydrogen-bond donors (Lipinski definition) is 2. The zero-order valence-electron chi connectivity index (χ0n) is 9.19. The Labute approximate surface area is 89.4 Å². The molecule has 0 spiro atoms. The summed E-state index contributed by atoms with van der Waals surface area (Å²) in [5.41, 5.74) is 0. The first-order chi connectivity index (χ1) is 7.04. The van der Waals surface area contributed by atoms with Gasteiger partial charge in [0.05, 0.1) is 0 Å². The van der Waals surface area contributed by atoms with Crippen LogP contribution in [0.5, 0.6) is 0 Å². The number of carboxylic acids is 1. The molecule has 0 radical (unpaired) electrons. The number of rotatable bonds is 3. The number of amides is 1. The molecule has 0 bridgehead atoms. The summed E-state index contributed by atoms with van der Waals surface area (Å²) < 4.78 is 0. The molecule has 1 amide bonds. The van der Waals surface area contributed by atoms with E-state index in [9.17, 15) is 9.59 Å². The van der Waals surface area contributed by atoms with Crippen LogP contribution in [0.3, 0.4) is 0 Å². The van der Waals surface area contributed by atoms with Gasteiger partial charge in [-0.15, -0.1) is 0 Å². The van der Waals surface area contributed by atoms with Crippen LogP contribution in [0.15, 0.2) is 0 Å². The summed E-state index contributed by atoms with van der Waals surface area (Å²) in [5, 5.41) is 11.8. The van der Waals surface area contributed by atoms with E-state index in [1.54, 1.807) is 14.0 Å². The van der Waals surface area contributed by atoms with E-state index in [2.05, 4.69) is 5.32 Å². The quantitative estimate of drug-likeness (QED) is 0.697. The summed E-state index contributed by atoms with van der Waals surface area (Å²) in [7, 11) is 1.80. The Balaban J connectivity index is 2.50. The number of nitrogens with one attached hydrogen (secondary N) is 1. The van der Waals surface area contributed by atoms with Gasteiger partial charge in [-0.2, -0.15) is 0 Å². The fraction of sp³-hybridized carbons (Fsp3) is 0.800. The van der Waals surface area contributed by atoms with Crippen molar-refractivity contribution in [2.75, 3.05) is 13.6 Å².